The van der Waals surface area contributed by atoms with Crippen molar-refractivity contribution in [2.75, 3.05) is 0 Å². The molecule has 3 atom stereocenters. The first-order valence-corrected chi connectivity index (χ1v) is 5.06. The Balaban J connectivity index is 2.22. The summed E-state index contributed by atoms with van der Waals surface area (Å²) in [5, 5.41) is 9.51. The summed E-state index contributed by atoms with van der Waals surface area (Å²) in [5.74, 6) is 0. The number of unbranched alkanes of at least 4 members (excludes halogenated alkanes) is 2. The van der Waals surface area contributed by atoms with Gasteiger partial charge in [-0.1, -0.05) is 26.2 Å². The largest absolute Gasteiger partial charge is 0.390 e. The van der Waals surface area contributed by atoms with Crippen LogP contribution in [0.3, 0.4) is 0 Å². The third kappa shape index (κ3) is 3.08. The summed E-state index contributed by atoms with van der Waals surface area (Å²) in [4.78, 5) is 10.4. The maximum Gasteiger partial charge on any atom is 0.148 e. The smallest absolute Gasteiger partial charge is 0.148 e. The molecule has 0 unspecified atom stereocenters. The average molecular weight is 186 g/mol. The molecule has 3 nitrogen and oxygen atoms in total. The molecule has 3 heteroatoms. The van der Waals surface area contributed by atoms with E-state index in [1.807, 2.05) is 0 Å². The molecule has 1 N–H and O–H groups in total. The Hall–Kier alpha value is -0.410. The molecule has 0 aromatic carbocycles. The number of hydrogen-bond acceptors (Lipinski definition) is 3. The highest BCUT2D eigenvalue weighted by Gasteiger charge is 2.32. The average Bonchev–Trinajstić information content (AvgIpc) is 2.48. The molecule has 0 bridgehead atoms. The molecule has 0 aromatic rings. The van der Waals surface area contributed by atoms with E-state index in [0.29, 0.717) is 6.42 Å². The van der Waals surface area contributed by atoms with Gasteiger partial charge in [-0.05, 0) is 6.42 Å². The van der Waals surface area contributed by atoms with Crippen molar-refractivity contribution < 1.29 is 14.6 Å². The van der Waals surface area contributed by atoms with Gasteiger partial charge in [0.25, 0.3) is 0 Å². The van der Waals surface area contributed by atoms with E-state index >= 15 is 0 Å². The molecule has 1 saturated heterocycles. The van der Waals surface area contributed by atoms with Crippen molar-refractivity contribution >= 4 is 6.29 Å². The zero-order valence-corrected chi connectivity index (χ0v) is 8.11. The van der Waals surface area contributed by atoms with Crippen LogP contribution in [-0.2, 0) is 9.53 Å². The molecule has 13 heavy (non-hydrogen) atoms. The van der Waals surface area contributed by atoms with Crippen LogP contribution in [0.2, 0.25) is 0 Å². The highest BCUT2D eigenvalue weighted by molar-refractivity contribution is 5.56. The Morgan fingerprint density at radius 2 is 2.31 bits per heavy atom. The maximum absolute atomic E-state index is 10.4. The number of rotatable bonds is 5. The van der Waals surface area contributed by atoms with E-state index < -0.39 is 6.10 Å². The van der Waals surface area contributed by atoms with E-state index in [9.17, 15) is 9.90 Å². The van der Waals surface area contributed by atoms with Crippen molar-refractivity contribution in [3.8, 4) is 0 Å². The number of aliphatic hydroxyl groups excluding tert-OH is 1. The topological polar surface area (TPSA) is 46.5 Å². The lowest BCUT2D eigenvalue weighted by atomic mass is 10.1. The molecule has 1 aliphatic rings. The summed E-state index contributed by atoms with van der Waals surface area (Å²) in [5.41, 5.74) is 0. The Labute approximate surface area is 79.1 Å². The summed E-state index contributed by atoms with van der Waals surface area (Å²) < 4.78 is 5.35. The van der Waals surface area contributed by atoms with E-state index in [0.717, 1.165) is 19.1 Å². The van der Waals surface area contributed by atoms with Crippen LogP contribution in [0, 0.1) is 0 Å². The molecule has 0 spiro atoms. The van der Waals surface area contributed by atoms with Crippen LogP contribution in [0.25, 0.3) is 0 Å². The molecule has 0 saturated carbocycles. The third-order valence-corrected chi connectivity index (χ3v) is 2.50. The Morgan fingerprint density at radius 1 is 1.54 bits per heavy atom. The molecule has 0 aliphatic carbocycles. The van der Waals surface area contributed by atoms with Crippen molar-refractivity contribution in [2.24, 2.45) is 0 Å². The van der Waals surface area contributed by atoms with Crippen molar-refractivity contribution in [2.45, 2.75) is 57.3 Å². The van der Waals surface area contributed by atoms with E-state index in [-0.39, 0.29) is 12.2 Å². The molecule has 1 heterocycles. The number of aldehydes is 1. The molecular weight excluding hydrogens is 168 g/mol. The SMILES string of the molecule is CCCCC[C@@H]1O[C@H](C=O)C[C@@H]1O. The van der Waals surface area contributed by atoms with Gasteiger partial charge in [0.15, 0.2) is 0 Å². The first-order valence-electron chi connectivity index (χ1n) is 5.06. The number of ether oxygens (including phenoxy) is 1. The maximum atomic E-state index is 10.4. The van der Waals surface area contributed by atoms with Crippen molar-refractivity contribution in [3.05, 3.63) is 0 Å². The number of carbonyl (C=O) groups excluding carboxylic acids is 1. The highest BCUT2D eigenvalue weighted by atomic mass is 16.5. The van der Waals surface area contributed by atoms with Crippen molar-refractivity contribution in [1.29, 1.82) is 0 Å². The van der Waals surface area contributed by atoms with Crippen LogP contribution < -0.4 is 0 Å². The second-order valence-electron chi connectivity index (χ2n) is 3.65. The molecule has 0 amide bonds. The van der Waals surface area contributed by atoms with E-state index in [1.165, 1.54) is 12.8 Å². The monoisotopic (exact) mass is 186 g/mol. The van der Waals surface area contributed by atoms with E-state index in [2.05, 4.69) is 6.92 Å². The van der Waals surface area contributed by atoms with Crippen LogP contribution in [0.4, 0.5) is 0 Å². The summed E-state index contributed by atoms with van der Waals surface area (Å²) >= 11 is 0. The fourth-order valence-corrected chi connectivity index (χ4v) is 1.70. The van der Waals surface area contributed by atoms with Gasteiger partial charge in [-0.2, -0.15) is 0 Å². The molecule has 1 aliphatic heterocycles. The summed E-state index contributed by atoms with van der Waals surface area (Å²) in [7, 11) is 0. The van der Waals surface area contributed by atoms with Gasteiger partial charge in [-0.25, -0.2) is 0 Å². The van der Waals surface area contributed by atoms with E-state index in [4.69, 9.17) is 4.74 Å². The lowest BCUT2D eigenvalue weighted by Gasteiger charge is -2.12. The zero-order chi connectivity index (χ0) is 9.68. The summed E-state index contributed by atoms with van der Waals surface area (Å²) in [6, 6.07) is 0. The van der Waals surface area contributed by atoms with Crippen molar-refractivity contribution in [3.63, 3.8) is 0 Å². The van der Waals surface area contributed by atoms with Crippen LogP contribution in [-0.4, -0.2) is 29.7 Å². The standard InChI is InChI=1S/C10H18O3/c1-2-3-4-5-10-9(12)6-8(7-11)13-10/h7-10,12H,2-6H2,1H3/t8-,9-,10-/m0/s1. The fraction of sp³-hybridized carbons (Fsp3) is 0.900. The van der Waals surface area contributed by atoms with Gasteiger partial charge in [0.05, 0.1) is 12.2 Å². The van der Waals surface area contributed by atoms with Gasteiger partial charge >= 0.3 is 0 Å². The minimum Gasteiger partial charge on any atom is -0.390 e. The molecule has 0 radical (unpaired) electrons. The highest BCUT2D eigenvalue weighted by Crippen LogP contribution is 2.23. The quantitative estimate of drug-likeness (QED) is 0.519. The molecule has 1 fully saturated rings. The summed E-state index contributed by atoms with van der Waals surface area (Å²) in [6.07, 6.45) is 4.61. The minimum atomic E-state index is -0.438. The molecular formula is C10H18O3. The lowest BCUT2D eigenvalue weighted by Crippen LogP contribution is -2.20. The first kappa shape index (κ1) is 10.7. The minimum absolute atomic E-state index is 0.109. The van der Waals surface area contributed by atoms with Gasteiger partial charge < -0.3 is 14.6 Å². The Bertz CT molecular complexity index is 158. The van der Waals surface area contributed by atoms with Crippen LogP contribution in [0.15, 0.2) is 0 Å². The fourth-order valence-electron chi connectivity index (χ4n) is 1.70. The zero-order valence-electron chi connectivity index (χ0n) is 8.11. The predicted molar refractivity (Wildman–Crippen MR) is 49.5 cm³/mol. The third-order valence-electron chi connectivity index (χ3n) is 2.50. The Kier molecular flexibility index (Phi) is 4.39. The molecule has 0 aromatic heterocycles. The summed E-state index contributed by atoms with van der Waals surface area (Å²) in [6.45, 7) is 2.14. The number of carbonyl (C=O) groups is 1. The van der Waals surface area contributed by atoms with Gasteiger partial charge in [-0.3, -0.25) is 0 Å². The van der Waals surface area contributed by atoms with E-state index in [1.54, 1.807) is 0 Å². The van der Waals surface area contributed by atoms with Crippen LogP contribution in [0.5, 0.6) is 0 Å². The van der Waals surface area contributed by atoms with Crippen molar-refractivity contribution in [1.82, 2.24) is 0 Å². The van der Waals surface area contributed by atoms with Crippen LogP contribution in [0.1, 0.15) is 39.0 Å². The predicted octanol–water partition coefficient (Wildman–Crippen LogP) is 1.28. The first-order chi connectivity index (χ1) is 6.27. The van der Waals surface area contributed by atoms with Gasteiger partial charge in [0, 0.05) is 6.42 Å². The number of aliphatic hydroxyl groups is 1. The van der Waals surface area contributed by atoms with Crippen LogP contribution >= 0.6 is 0 Å². The second-order valence-corrected chi connectivity index (χ2v) is 3.65. The van der Waals surface area contributed by atoms with Gasteiger partial charge in [0.2, 0.25) is 0 Å². The normalized spacial score (nSPS) is 33.5. The lowest BCUT2D eigenvalue weighted by molar-refractivity contribution is -0.117. The molecule has 76 valence electrons. The Morgan fingerprint density at radius 3 is 2.85 bits per heavy atom. The number of hydrogen-bond donors (Lipinski definition) is 1. The van der Waals surface area contributed by atoms with Gasteiger partial charge in [-0.15, -0.1) is 0 Å². The second kappa shape index (κ2) is 5.35. The van der Waals surface area contributed by atoms with Gasteiger partial charge in [0.1, 0.15) is 12.4 Å². The molecule has 1 rings (SSSR count).